The molecule has 1 atom stereocenters. The number of anilines is 1. The van der Waals surface area contributed by atoms with Gasteiger partial charge in [0.25, 0.3) is 0 Å². The third-order valence-corrected chi connectivity index (χ3v) is 3.83. The van der Waals surface area contributed by atoms with E-state index in [1.54, 1.807) is 0 Å². The van der Waals surface area contributed by atoms with E-state index in [0.717, 1.165) is 19.3 Å². The fraction of sp³-hybridized carbons (Fsp3) is 0.500. The zero-order valence-corrected chi connectivity index (χ0v) is 11.1. The van der Waals surface area contributed by atoms with Gasteiger partial charge >= 0.3 is 5.97 Å². The number of hydrogen-bond donors (Lipinski definition) is 2. The Morgan fingerprint density at radius 2 is 2.16 bits per heavy atom. The lowest BCUT2D eigenvalue weighted by atomic mass is 9.81. The number of carboxylic acids is 1. The van der Waals surface area contributed by atoms with E-state index in [1.165, 1.54) is 18.5 Å². The lowest BCUT2D eigenvalue weighted by Crippen LogP contribution is -2.30. The van der Waals surface area contributed by atoms with Crippen molar-refractivity contribution in [2.45, 2.75) is 33.1 Å². The third-order valence-electron chi connectivity index (χ3n) is 3.83. The van der Waals surface area contributed by atoms with E-state index < -0.39 is 5.97 Å². The van der Waals surface area contributed by atoms with Crippen molar-refractivity contribution in [3.8, 4) is 0 Å². The van der Waals surface area contributed by atoms with E-state index in [-0.39, 0.29) is 22.8 Å². The number of pyridine rings is 1. The first-order valence-electron chi connectivity index (χ1n) is 6.39. The van der Waals surface area contributed by atoms with Crippen LogP contribution in [0.15, 0.2) is 18.5 Å². The fourth-order valence-corrected chi connectivity index (χ4v) is 2.67. The zero-order chi connectivity index (χ0) is 14.0. The number of nitrogens with zero attached hydrogens (tertiary/aromatic N) is 1. The van der Waals surface area contributed by atoms with Gasteiger partial charge in [-0.05, 0) is 24.3 Å². The highest BCUT2D eigenvalue weighted by Crippen LogP contribution is 2.42. The normalized spacial score (nSPS) is 21.1. The molecule has 1 aliphatic carbocycles. The molecule has 19 heavy (non-hydrogen) atoms. The Labute approximate surface area is 112 Å². The maximum Gasteiger partial charge on any atom is 0.337 e. The molecule has 1 aromatic rings. The lowest BCUT2D eigenvalue weighted by Gasteiger charge is -2.25. The first-order chi connectivity index (χ1) is 8.90. The van der Waals surface area contributed by atoms with E-state index >= 15 is 0 Å². The number of carboxylic acid groups (broad SMARTS) is 1. The average molecular weight is 262 g/mol. The van der Waals surface area contributed by atoms with E-state index in [2.05, 4.69) is 24.1 Å². The van der Waals surface area contributed by atoms with Gasteiger partial charge in [0.15, 0.2) is 0 Å². The van der Waals surface area contributed by atoms with E-state index in [9.17, 15) is 9.59 Å². The average Bonchev–Trinajstić information content (AvgIpc) is 2.69. The maximum absolute atomic E-state index is 12.2. The minimum Gasteiger partial charge on any atom is -0.478 e. The highest BCUT2D eigenvalue weighted by atomic mass is 16.4. The molecule has 102 valence electrons. The highest BCUT2D eigenvalue weighted by Gasteiger charge is 2.39. The smallest absolute Gasteiger partial charge is 0.337 e. The van der Waals surface area contributed by atoms with Gasteiger partial charge in [0, 0.05) is 12.1 Å². The van der Waals surface area contributed by atoms with Crippen molar-refractivity contribution in [1.29, 1.82) is 0 Å². The van der Waals surface area contributed by atoms with E-state index in [1.807, 2.05) is 0 Å². The number of amides is 1. The van der Waals surface area contributed by atoms with Crippen LogP contribution in [-0.2, 0) is 4.79 Å². The summed E-state index contributed by atoms with van der Waals surface area (Å²) < 4.78 is 0. The predicted molar refractivity (Wildman–Crippen MR) is 70.9 cm³/mol. The molecule has 5 heteroatoms. The Hall–Kier alpha value is -1.91. The van der Waals surface area contributed by atoms with Gasteiger partial charge in [-0.2, -0.15) is 0 Å². The summed E-state index contributed by atoms with van der Waals surface area (Å²) in [5.41, 5.74) is 0.512. The van der Waals surface area contributed by atoms with Crippen LogP contribution in [0.25, 0.3) is 0 Å². The molecule has 0 spiro atoms. The van der Waals surface area contributed by atoms with Crippen LogP contribution in [0.3, 0.4) is 0 Å². The van der Waals surface area contributed by atoms with Crippen LogP contribution in [0.1, 0.15) is 43.5 Å². The van der Waals surface area contributed by atoms with Gasteiger partial charge in [-0.15, -0.1) is 0 Å². The lowest BCUT2D eigenvalue weighted by molar-refractivity contribution is -0.122. The number of rotatable bonds is 3. The molecule has 0 aliphatic heterocycles. The van der Waals surface area contributed by atoms with Crippen LogP contribution < -0.4 is 5.32 Å². The van der Waals surface area contributed by atoms with Gasteiger partial charge in [0.1, 0.15) is 0 Å². The second-order valence-electron chi connectivity index (χ2n) is 5.69. The molecule has 1 fully saturated rings. The largest absolute Gasteiger partial charge is 0.478 e. The molecule has 1 aliphatic rings. The van der Waals surface area contributed by atoms with Crippen molar-refractivity contribution < 1.29 is 14.7 Å². The van der Waals surface area contributed by atoms with Gasteiger partial charge < -0.3 is 10.4 Å². The van der Waals surface area contributed by atoms with E-state index in [0.29, 0.717) is 5.69 Å². The first kappa shape index (κ1) is 13.5. The van der Waals surface area contributed by atoms with Crippen LogP contribution in [0.4, 0.5) is 5.69 Å². The molecule has 1 unspecified atom stereocenters. The molecule has 0 bridgehead atoms. The van der Waals surface area contributed by atoms with Gasteiger partial charge in [-0.1, -0.05) is 20.3 Å². The van der Waals surface area contributed by atoms with Crippen molar-refractivity contribution in [3.05, 3.63) is 24.0 Å². The Kier molecular flexibility index (Phi) is 3.55. The second-order valence-corrected chi connectivity index (χ2v) is 5.69. The van der Waals surface area contributed by atoms with Crippen LogP contribution in [0.2, 0.25) is 0 Å². The molecule has 2 rings (SSSR count). The number of nitrogens with one attached hydrogen (secondary N) is 1. The molecule has 0 saturated heterocycles. The standard InChI is InChI=1S/C14H18N2O3/c1-14(2)5-3-4-11(14)12(17)16-10-6-9(13(18)19)7-15-8-10/h6-8,11H,3-5H2,1-2H3,(H,16,17)(H,18,19). The van der Waals surface area contributed by atoms with Crippen LogP contribution in [-0.4, -0.2) is 22.0 Å². The maximum atomic E-state index is 12.2. The molecule has 0 aromatic carbocycles. The molecular weight excluding hydrogens is 244 g/mol. The van der Waals surface area contributed by atoms with Crippen molar-refractivity contribution in [3.63, 3.8) is 0 Å². The zero-order valence-electron chi connectivity index (χ0n) is 11.1. The fourth-order valence-electron chi connectivity index (χ4n) is 2.67. The third kappa shape index (κ3) is 2.92. The summed E-state index contributed by atoms with van der Waals surface area (Å²) in [6.45, 7) is 4.19. The number of aromatic nitrogens is 1. The monoisotopic (exact) mass is 262 g/mol. The van der Waals surface area contributed by atoms with Gasteiger partial charge in [0.2, 0.25) is 5.91 Å². The summed E-state index contributed by atoms with van der Waals surface area (Å²) in [5, 5.41) is 11.7. The van der Waals surface area contributed by atoms with Gasteiger partial charge in [-0.25, -0.2) is 4.79 Å². The molecular formula is C14H18N2O3. The van der Waals surface area contributed by atoms with Crippen LogP contribution in [0.5, 0.6) is 0 Å². The Bertz CT molecular complexity index is 511. The Balaban J connectivity index is 2.11. The molecule has 1 saturated carbocycles. The molecule has 1 heterocycles. The Morgan fingerprint density at radius 3 is 2.74 bits per heavy atom. The molecule has 2 N–H and O–H groups in total. The first-order valence-corrected chi connectivity index (χ1v) is 6.39. The quantitative estimate of drug-likeness (QED) is 0.877. The summed E-state index contributed by atoms with van der Waals surface area (Å²) in [7, 11) is 0. The predicted octanol–water partition coefficient (Wildman–Crippen LogP) is 2.54. The number of aromatic carboxylic acids is 1. The van der Waals surface area contributed by atoms with Gasteiger partial charge in [-0.3, -0.25) is 9.78 Å². The van der Waals surface area contributed by atoms with Crippen molar-refractivity contribution in [2.75, 3.05) is 5.32 Å². The minimum atomic E-state index is -1.05. The highest BCUT2D eigenvalue weighted by molar-refractivity contribution is 5.95. The summed E-state index contributed by atoms with van der Waals surface area (Å²) in [6, 6.07) is 1.43. The summed E-state index contributed by atoms with van der Waals surface area (Å²) in [4.78, 5) is 26.9. The van der Waals surface area contributed by atoms with Crippen LogP contribution in [0, 0.1) is 11.3 Å². The molecule has 1 aromatic heterocycles. The molecule has 1 amide bonds. The topological polar surface area (TPSA) is 79.3 Å². The minimum absolute atomic E-state index is 0.00190. The second kappa shape index (κ2) is 4.99. The summed E-state index contributed by atoms with van der Waals surface area (Å²) in [5.74, 6) is -1.13. The van der Waals surface area contributed by atoms with Crippen molar-refractivity contribution in [1.82, 2.24) is 4.98 Å². The molecule has 5 nitrogen and oxygen atoms in total. The van der Waals surface area contributed by atoms with Gasteiger partial charge in [0.05, 0.1) is 17.4 Å². The van der Waals surface area contributed by atoms with E-state index in [4.69, 9.17) is 5.11 Å². The summed E-state index contributed by atoms with van der Waals surface area (Å²) in [6.07, 6.45) is 5.70. The Morgan fingerprint density at radius 1 is 1.42 bits per heavy atom. The van der Waals surface area contributed by atoms with Crippen molar-refractivity contribution in [2.24, 2.45) is 11.3 Å². The summed E-state index contributed by atoms with van der Waals surface area (Å²) >= 11 is 0. The molecule has 0 radical (unpaired) electrons. The SMILES string of the molecule is CC1(C)CCCC1C(=O)Nc1cncc(C(=O)O)c1. The van der Waals surface area contributed by atoms with Crippen molar-refractivity contribution >= 4 is 17.6 Å². The number of carbonyl (C=O) groups is 2. The van der Waals surface area contributed by atoms with Crippen LogP contribution >= 0.6 is 0 Å². The number of carbonyl (C=O) groups excluding carboxylic acids is 1. The number of hydrogen-bond acceptors (Lipinski definition) is 3.